The molecular formula is C26H20ClN3O4. The number of carbonyl (C=O) groups is 2. The van der Waals surface area contributed by atoms with Crippen LogP contribution in [0.2, 0.25) is 5.02 Å². The SMILES string of the molecule is COC(=O)C1=C(C(=O)OC)N(c2ccc3ccccc3c2)C(N)=C(C#N)C1c1ccc(Cl)cc1. The first-order valence-corrected chi connectivity index (χ1v) is 10.6. The predicted octanol–water partition coefficient (Wildman–Crippen LogP) is 4.39. The van der Waals surface area contributed by atoms with Crippen molar-refractivity contribution in [2.75, 3.05) is 19.1 Å². The highest BCUT2D eigenvalue weighted by Crippen LogP contribution is 2.43. The van der Waals surface area contributed by atoms with E-state index in [2.05, 4.69) is 6.07 Å². The third kappa shape index (κ3) is 3.85. The largest absolute Gasteiger partial charge is 0.466 e. The fourth-order valence-electron chi connectivity index (χ4n) is 4.11. The van der Waals surface area contributed by atoms with Crippen LogP contribution in [0.1, 0.15) is 11.5 Å². The Kier molecular flexibility index (Phi) is 6.26. The van der Waals surface area contributed by atoms with Crippen LogP contribution < -0.4 is 10.6 Å². The summed E-state index contributed by atoms with van der Waals surface area (Å²) in [5.41, 5.74) is 7.45. The molecule has 4 rings (SSSR count). The van der Waals surface area contributed by atoms with Gasteiger partial charge in [0.25, 0.3) is 0 Å². The summed E-state index contributed by atoms with van der Waals surface area (Å²) >= 11 is 6.04. The summed E-state index contributed by atoms with van der Waals surface area (Å²) in [6.45, 7) is 0. The Bertz CT molecular complexity index is 1400. The number of rotatable bonds is 4. The molecule has 34 heavy (non-hydrogen) atoms. The van der Waals surface area contributed by atoms with E-state index in [0.717, 1.165) is 10.8 Å². The maximum atomic E-state index is 13.1. The molecule has 1 aliphatic heterocycles. The van der Waals surface area contributed by atoms with Crippen molar-refractivity contribution in [1.82, 2.24) is 0 Å². The molecule has 0 fully saturated rings. The summed E-state index contributed by atoms with van der Waals surface area (Å²) in [6, 6.07) is 21.8. The van der Waals surface area contributed by atoms with Gasteiger partial charge in [0.2, 0.25) is 0 Å². The number of ether oxygens (including phenoxy) is 2. The molecule has 1 heterocycles. The molecule has 0 saturated heterocycles. The second-order valence-electron chi connectivity index (χ2n) is 7.51. The summed E-state index contributed by atoms with van der Waals surface area (Å²) < 4.78 is 10.1. The van der Waals surface area contributed by atoms with E-state index in [1.807, 2.05) is 36.4 Å². The van der Waals surface area contributed by atoms with Crippen LogP contribution in [0.25, 0.3) is 10.8 Å². The van der Waals surface area contributed by atoms with E-state index in [-0.39, 0.29) is 22.7 Å². The molecule has 3 aromatic rings. The van der Waals surface area contributed by atoms with Crippen LogP contribution >= 0.6 is 11.6 Å². The molecule has 7 nitrogen and oxygen atoms in total. The zero-order valence-electron chi connectivity index (χ0n) is 18.4. The highest BCUT2D eigenvalue weighted by molar-refractivity contribution is 6.30. The molecule has 0 radical (unpaired) electrons. The van der Waals surface area contributed by atoms with Gasteiger partial charge in [-0.05, 0) is 40.6 Å². The number of methoxy groups -OCH3 is 2. The third-order valence-electron chi connectivity index (χ3n) is 5.67. The average molecular weight is 474 g/mol. The van der Waals surface area contributed by atoms with E-state index in [4.69, 9.17) is 26.8 Å². The van der Waals surface area contributed by atoms with Crippen molar-refractivity contribution in [3.05, 3.63) is 100.0 Å². The Labute approximate surface area is 201 Å². The molecule has 170 valence electrons. The Hall–Kier alpha value is -4.28. The first kappa shape index (κ1) is 22.9. The molecule has 0 saturated carbocycles. The molecule has 2 N–H and O–H groups in total. The number of allylic oxidation sites excluding steroid dienone is 1. The monoisotopic (exact) mass is 473 g/mol. The van der Waals surface area contributed by atoms with Crippen molar-refractivity contribution in [2.24, 2.45) is 5.73 Å². The van der Waals surface area contributed by atoms with Crippen LogP contribution in [0.3, 0.4) is 0 Å². The van der Waals surface area contributed by atoms with Crippen molar-refractivity contribution in [1.29, 1.82) is 5.26 Å². The van der Waals surface area contributed by atoms with Crippen molar-refractivity contribution >= 4 is 40.0 Å². The van der Waals surface area contributed by atoms with Gasteiger partial charge in [-0.3, -0.25) is 4.90 Å². The van der Waals surface area contributed by atoms with Crippen LogP contribution in [0.15, 0.2) is 89.4 Å². The van der Waals surface area contributed by atoms with Gasteiger partial charge in [0.05, 0.1) is 37.4 Å². The predicted molar refractivity (Wildman–Crippen MR) is 129 cm³/mol. The average Bonchev–Trinajstić information content (AvgIpc) is 2.87. The highest BCUT2D eigenvalue weighted by atomic mass is 35.5. The minimum absolute atomic E-state index is 0.00536. The number of hydrogen-bond donors (Lipinski definition) is 1. The summed E-state index contributed by atoms with van der Waals surface area (Å²) in [5.74, 6) is -2.54. The molecule has 3 aromatic carbocycles. The lowest BCUT2D eigenvalue weighted by Crippen LogP contribution is -2.40. The second kappa shape index (κ2) is 9.30. The molecule has 1 atom stereocenters. The van der Waals surface area contributed by atoms with E-state index in [1.54, 1.807) is 30.3 Å². The summed E-state index contributed by atoms with van der Waals surface area (Å²) in [4.78, 5) is 27.6. The number of benzene rings is 3. The number of carbonyl (C=O) groups excluding carboxylic acids is 2. The van der Waals surface area contributed by atoms with Crippen LogP contribution in [-0.2, 0) is 19.1 Å². The molecule has 0 aliphatic carbocycles. The molecular weight excluding hydrogens is 454 g/mol. The van der Waals surface area contributed by atoms with Gasteiger partial charge in [-0.15, -0.1) is 0 Å². The zero-order valence-corrected chi connectivity index (χ0v) is 19.2. The normalized spacial score (nSPS) is 15.8. The van der Waals surface area contributed by atoms with E-state index >= 15 is 0 Å². The molecule has 1 unspecified atom stereocenters. The van der Waals surface area contributed by atoms with Gasteiger partial charge < -0.3 is 15.2 Å². The fraction of sp³-hybridized carbons (Fsp3) is 0.115. The van der Waals surface area contributed by atoms with E-state index in [9.17, 15) is 14.9 Å². The zero-order chi connectivity index (χ0) is 24.4. The summed E-state index contributed by atoms with van der Waals surface area (Å²) in [5, 5.41) is 12.4. The van der Waals surface area contributed by atoms with E-state index in [0.29, 0.717) is 16.3 Å². The van der Waals surface area contributed by atoms with Gasteiger partial charge in [-0.2, -0.15) is 5.26 Å². The topological polar surface area (TPSA) is 106 Å². The first-order valence-electron chi connectivity index (χ1n) is 10.3. The molecule has 0 amide bonds. The quantitative estimate of drug-likeness (QED) is 0.560. The van der Waals surface area contributed by atoms with Gasteiger partial charge in [-0.1, -0.05) is 54.1 Å². The Morgan fingerprint density at radius 2 is 1.62 bits per heavy atom. The van der Waals surface area contributed by atoms with Gasteiger partial charge in [-0.25, -0.2) is 9.59 Å². The Morgan fingerprint density at radius 3 is 2.24 bits per heavy atom. The Morgan fingerprint density at radius 1 is 0.971 bits per heavy atom. The molecule has 1 aliphatic rings. The number of nitriles is 1. The smallest absolute Gasteiger partial charge is 0.355 e. The van der Waals surface area contributed by atoms with Gasteiger partial charge >= 0.3 is 11.9 Å². The number of esters is 2. The van der Waals surface area contributed by atoms with Gasteiger partial charge in [0, 0.05) is 10.7 Å². The lowest BCUT2D eigenvalue weighted by Gasteiger charge is -2.36. The first-order chi connectivity index (χ1) is 16.4. The molecule has 8 heteroatoms. The molecule has 0 spiro atoms. The number of nitrogens with zero attached hydrogens (tertiary/aromatic N) is 2. The number of fused-ring (bicyclic) bond motifs is 1. The maximum Gasteiger partial charge on any atom is 0.355 e. The maximum absolute atomic E-state index is 13.1. The number of nitrogens with two attached hydrogens (primary N) is 1. The Balaban J connectivity index is 2.05. The molecule has 0 bridgehead atoms. The van der Waals surface area contributed by atoms with E-state index < -0.39 is 17.9 Å². The number of anilines is 1. The lowest BCUT2D eigenvalue weighted by molar-refractivity contribution is -0.139. The van der Waals surface area contributed by atoms with Crippen molar-refractivity contribution in [3.63, 3.8) is 0 Å². The third-order valence-corrected chi connectivity index (χ3v) is 5.92. The second-order valence-corrected chi connectivity index (χ2v) is 7.94. The van der Waals surface area contributed by atoms with Crippen LogP contribution in [-0.4, -0.2) is 26.2 Å². The standard InChI is InChI=1S/C26H20ClN3O4/c1-33-25(31)22-21(16-7-10-18(27)11-8-16)20(14-28)24(29)30(23(22)26(32)34-2)19-12-9-15-5-3-4-6-17(15)13-19/h3-13,21H,29H2,1-2H3. The van der Waals surface area contributed by atoms with Crippen molar-refractivity contribution < 1.29 is 19.1 Å². The van der Waals surface area contributed by atoms with Crippen LogP contribution in [0.4, 0.5) is 5.69 Å². The van der Waals surface area contributed by atoms with Crippen LogP contribution in [0.5, 0.6) is 0 Å². The minimum atomic E-state index is -0.958. The lowest BCUT2D eigenvalue weighted by atomic mass is 9.81. The number of halogens is 1. The summed E-state index contributed by atoms with van der Waals surface area (Å²) in [6.07, 6.45) is 0. The van der Waals surface area contributed by atoms with Gasteiger partial charge in [0.15, 0.2) is 0 Å². The minimum Gasteiger partial charge on any atom is -0.466 e. The number of hydrogen-bond acceptors (Lipinski definition) is 7. The highest BCUT2D eigenvalue weighted by Gasteiger charge is 2.43. The van der Waals surface area contributed by atoms with Crippen molar-refractivity contribution in [3.8, 4) is 6.07 Å². The van der Waals surface area contributed by atoms with Crippen molar-refractivity contribution in [2.45, 2.75) is 5.92 Å². The van der Waals surface area contributed by atoms with Crippen LogP contribution in [0, 0.1) is 11.3 Å². The summed E-state index contributed by atoms with van der Waals surface area (Å²) in [7, 11) is 2.41. The fourth-order valence-corrected chi connectivity index (χ4v) is 4.23. The van der Waals surface area contributed by atoms with E-state index in [1.165, 1.54) is 19.1 Å². The molecule has 0 aromatic heterocycles. The van der Waals surface area contributed by atoms with Gasteiger partial charge in [0.1, 0.15) is 11.5 Å².